The van der Waals surface area contributed by atoms with Gasteiger partial charge < -0.3 is 14.6 Å². The minimum absolute atomic E-state index is 0.467. The molecule has 1 aliphatic rings. The minimum Gasteiger partial charge on any atom is -0.486 e. The Labute approximate surface area is 83.3 Å². The van der Waals surface area contributed by atoms with E-state index in [2.05, 4.69) is 0 Å². The highest BCUT2D eigenvalue weighted by molar-refractivity contribution is 5.48. The molecule has 1 aliphatic heterocycles. The molecule has 0 bridgehead atoms. The first kappa shape index (κ1) is 9.34. The molecule has 1 atom stereocenters. The Balaban J connectivity index is 2.45. The third-order valence-corrected chi connectivity index (χ3v) is 2.38. The zero-order valence-corrected chi connectivity index (χ0v) is 8.41. The molecule has 0 spiro atoms. The number of aliphatic hydroxyl groups excluding tert-OH is 1. The number of aliphatic hydroxyl groups is 1. The first-order chi connectivity index (χ1) is 6.68. The van der Waals surface area contributed by atoms with Crippen LogP contribution in [0.5, 0.6) is 11.5 Å². The number of fused-ring (bicyclic) bond motifs is 1. The molecule has 76 valence electrons. The summed E-state index contributed by atoms with van der Waals surface area (Å²) in [5.74, 6) is 1.51. The number of aryl methyl sites for hydroxylation is 1. The van der Waals surface area contributed by atoms with Crippen LogP contribution in [-0.4, -0.2) is 18.3 Å². The van der Waals surface area contributed by atoms with Gasteiger partial charge in [-0.3, -0.25) is 0 Å². The van der Waals surface area contributed by atoms with Gasteiger partial charge in [0, 0.05) is 0 Å². The largest absolute Gasteiger partial charge is 0.486 e. The fourth-order valence-corrected chi connectivity index (χ4v) is 1.66. The first-order valence-electron chi connectivity index (χ1n) is 4.76. The van der Waals surface area contributed by atoms with Crippen molar-refractivity contribution in [3.8, 4) is 11.5 Å². The summed E-state index contributed by atoms with van der Waals surface area (Å²) in [5, 5.41) is 9.51. The molecule has 0 aliphatic carbocycles. The molecule has 0 radical (unpaired) electrons. The van der Waals surface area contributed by atoms with Crippen LogP contribution in [0.3, 0.4) is 0 Å². The summed E-state index contributed by atoms with van der Waals surface area (Å²) in [6, 6.07) is 3.77. The van der Waals surface area contributed by atoms with Crippen molar-refractivity contribution in [2.75, 3.05) is 13.2 Å². The standard InChI is InChI=1S/C11H14O3/c1-7-5-10-11(14-4-3-13-10)6-9(7)8(2)12/h5-6,8,12H,3-4H2,1-2H3. The molecule has 14 heavy (non-hydrogen) atoms. The van der Waals surface area contributed by atoms with Crippen molar-refractivity contribution in [3.05, 3.63) is 23.3 Å². The maximum absolute atomic E-state index is 9.51. The summed E-state index contributed by atoms with van der Waals surface area (Å²) in [6.45, 7) is 4.88. The first-order valence-corrected chi connectivity index (χ1v) is 4.76. The number of hydrogen-bond donors (Lipinski definition) is 1. The normalized spacial score (nSPS) is 16.5. The molecular weight excluding hydrogens is 180 g/mol. The maximum Gasteiger partial charge on any atom is 0.161 e. The van der Waals surface area contributed by atoms with Crippen molar-refractivity contribution < 1.29 is 14.6 Å². The molecule has 1 heterocycles. The minimum atomic E-state index is -0.467. The van der Waals surface area contributed by atoms with Crippen LogP contribution in [0.15, 0.2) is 12.1 Å². The number of ether oxygens (including phenoxy) is 2. The van der Waals surface area contributed by atoms with Crippen LogP contribution in [0.25, 0.3) is 0 Å². The van der Waals surface area contributed by atoms with Crippen LogP contribution in [0.2, 0.25) is 0 Å². The van der Waals surface area contributed by atoms with E-state index in [1.54, 1.807) is 6.92 Å². The smallest absolute Gasteiger partial charge is 0.161 e. The summed E-state index contributed by atoms with van der Waals surface area (Å²) in [6.07, 6.45) is -0.467. The second-order valence-electron chi connectivity index (χ2n) is 3.53. The van der Waals surface area contributed by atoms with Gasteiger partial charge >= 0.3 is 0 Å². The predicted octanol–water partition coefficient (Wildman–Crippen LogP) is 1.82. The Morgan fingerprint density at radius 2 is 1.79 bits per heavy atom. The van der Waals surface area contributed by atoms with E-state index in [9.17, 15) is 5.11 Å². The molecule has 1 aromatic rings. The number of rotatable bonds is 1. The summed E-state index contributed by atoms with van der Waals surface area (Å²) in [5.41, 5.74) is 1.93. The lowest BCUT2D eigenvalue weighted by Crippen LogP contribution is -2.16. The van der Waals surface area contributed by atoms with Crippen LogP contribution in [0.1, 0.15) is 24.2 Å². The molecule has 0 amide bonds. The maximum atomic E-state index is 9.51. The van der Waals surface area contributed by atoms with E-state index in [-0.39, 0.29) is 0 Å². The monoisotopic (exact) mass is 194 g/mol. The van der Waals surface area contributed by atoms with Crippen molar-refractivity contribution in [2.24, 2.45) is 0 Å². The van der Waals surface area contributed by atoms with E-state index in [0.717, 1.165) is 22.6 Å². The quantitative estimate of drug-likeness (QED) is 0.741. The Hall–Kier alpha value is -1.22. The average Bonchev–Trinajstić information content (AvgIpc) is 2.16. The van der Waals surface area contributed by atoms with Crippen molar-refractivity contribution in [1.82, 2.24) is 0 Å². The van der Waals surface area contributed by atoms with Crippen molar-refractivity contribution >= 4 is 0 Å². The summed E-state index contributed by atoms with van der Waals surface area (Å²) in [4.78, 5) is 0. The lowest BCUT2D eigenvalue weighted by atomic mass is 10.0. The van der Waals surface area contributed by atoms with E-state index in [1.807, 2.05) is 19.1 Å². The van der Waals surface area contributed by atoms with Crippen LogP contribution < -0.4 is 9.47 Å². The molecule has 0 fully saturated rings. The molecule has 0 aromatic heterocycles. The molecule has 1 N–H and O–H groups in total. The topological polar surface area (TPSA) is 38.7 Å². The Kier molecular flexibility index (Phi) is 2.33. The molecule has 3 heteroatoms. The molecule has 1 aromatic carbocycles. The Bertz CT molecular complexity index is 345. The van der Waals surface area contributed by atoms with E-state index in [0.29, 0.717) is 13.2 Å². The fraction of sp³-hybridized carbons (Fsp3) is 0.455. The fourth-order valence-electron chi connectivity index (χ4n) is 1.66. The van der Waals surface area contributed by atoms with Gasteiger partial charge in [-0.15, -0.1) is 0 Å². The van der Waals surface area contributed by atoms with Crippen LogP contribution in [-0.2, 0) is 0 Å². The molecular formula is C11H14O3. The van der Waals surface area contributed by atoms with Gasteiger partial charge in [0.25, 0.3) is 0 Å². The van der Waals surface area contributed by atoms with Gasteiger partial charge in [0.2, 0.25) is 0 Å². The van der Waals surface area contributed by atoms with Gasteiger partial charge in [0.15, 0.2) is 11.5 Å². The summed E-state index contributed by atoms with van der Waals surface area (Å²) < 4.78 is 10.9. The van der Waals surface area contributed by atoms with Gasteiger partial charge in [-0.25, -0.2) is 0 Å². The van der Waals surface area contributed by atoms with Crippen molar-refractivity contribution in [2.45, 2.75) is 20.0 Å². The van der Waals surface area contributed by atoms with Gasteiger partial charge in [-0.2, -0.15) is 0 Å². The third-order valence-electron chi connectivity index (χ3n) is 2.38. The molecule has 2 rings (SSSR count). The highest BCUT2D eigenvalue weighted by Gasteiger charge is 2.15. The second-order valence-corrected chi connectivity index (χ2v) is 3.53. The highest BCUT2D eigenvalue weighted by atomic mass is 16.6. The van der Waals surface area contributed by atoms with Gasteiger partial charge in [0.1, 0.15) is 13.2 Å². The molecule has 0 saturated carbocycles. The van der Waals surface area contributed by atoms with E-state index in [1.165, 1.54) is 0 Å². The van der Waals surface area contributed by atoms with E-state index in [4.69, 9.17) is 9.47 Å². The van der Waals surface area contributed by atoms with Crippen LogP contribution in [0.4, 0.5) is 0 Å². The predicted molar refractivity (Wildman–Crippen MR) is 52.8 cm³/mol. The van der Waals surface area contributed by atoms with Gasteiger partial charge in [0.05, 0.1) is 6.10 Å². The molecule has 1 unspecified atom stereocenters. The average molecular weight is 194 g/mol. The van der Waals surface area contributed by atoms with Crippen LogP contribution >= 0.6 is 0 Å². The van der Waals surface area contributed by atoms with Gasteiger partial charge in [-0.05, 0) is 37.1 Å². The lowest BCUT2D eigenvalue weighted by molar-refractivity contribution is 0.168. The van der Waals surface area contributed by atoms with Crippen LogP contribution in [0, 0.1) is 6.92 Å². The van der Waals surface area contributed by atoms with Crippen molar-refractivity contribution in [1.29, 1.82) is 0 Å². The molecule has 0 saturated heterocycles. The summed E-state index contributed by atoms with van der Waals surface area (Å²) in [7, 11) is 0. The summed E-state index contributed by atoms with van der Waals surface area (Å²) >= 11 is 0. The van der Waals surface area contributed by atoms with E-state index >= 15 is 0 Å². The highest BCUT2D eigenvalue weighted by Crippen LogP contribution is 2.34. The third kappa shape index (κ3) is 1.55. The SMILES string of the molecule is Cc1cc2c(cc1C(C)O)OCCO2. The lowest BCUT2D eigenvalue weighted by Gasteiger charge is -2.21. The van der Waals surface area contributed by atoms with E-state index < -0.39 is 6.10 Å². The Morgan fingerprint density at radius 1 is 1.21 bits per heavy atom. The second kappa shape index (κ2) is 3.50. The van der Waals surface area contributed by atoms with Crippen molar-refractivity contribution in [3.63, 3.8) is 0 Å². The number of benzene rings is 1. The Morgan fingerprint density at radius 3 is 2.36 bits per heavy atom. The zero-order chi connectivity index (χ0) is 10.1. The molecule has 3 nitrogen and oxygen atoms in total. The van der Waals surface area contributed by atoms with Gasteiger partial charge in [-0.1, -0.05) is 0 Å². The zero-order valence-electron chi connectivity index (χ0n) is 8.41. The number of hydrogen-bond acceptors (Lipinski definition) is 3.